The number of aromatic amines is 1. The Morgan fingerprint density at radius 1 is 1.42 bits per heavy atom. The molecule has 3 aromatic rings. The molecule has 0 fully saturated rings. The van der Waals surface area contributed by atoms with Crippen LogP contribution in [0, 0.1) is 0 Å². The minimum atomic E-state index is -0.0461. The van der Waals surface area contributed by atoms with E-state index in [9.17, 15) is 4.79 Å². The number of amides is 1. The smallest absolute Gasteiger partial charge is 0.228 e. The number of nitrogens with one attached hydrogen (secondary N) is 2. The summed E-state index contributed by atoms with van der Waals surface area (Å²) in [4.78, 5) is 19.0. The van der Waals surface area contributed by atoms with Crippen molar-refractivity contribution in [3.63, 3.8) is 0 Å². The Labute approximate surface area is 117 Å². The fourth-order valence-corrected chi connectivity index (χ4v) is 2.27. The van der Waals surface area contributed by atoms with Gasteiger partial charge in [0.2, 0.25) is 5.91 Å². The van der Waals surface area contributed by atoms with Crippen LogP contribution in [0.5, 0.6) is 0 Å². The van der Waals surface area contributed by atoms with Crippen molar-refractivity contribution < 1.29 is 4.79 Å². The molecule has 0 atom stereocenters. The summed E-state index contributed by atoms with van der Waals surface area (Å²) in [6.07, 6.45) is 7.53. The van der Waals surface area contributed by atoms with Crippen molar-refractivity contribution in [2.45, 2.75) is 6.42 Å². The molecule has 5 nitrogen and oxygen atoms in total. The molecule has 3 rings (SSSR count). The van der Waals surface area contributed by atoms with Crippen LogP contribution < -0.4 is 5.32 Å². The summed E-state index contributed by atoms with van der Waals surface area (Å²) in [5.74, 6) is -0.0461. The molecule has 3 heterocycles. The molecule has 0 saturated carbocycles. The summed E-state index contributed by atoms with van der Waals surface area (Å²) in [7, 11) is 0. The third kappa shape index (κ3) is 2.53. The monoisotopic (exact) mass is 318 g/mol. The molecule has 1 amide bonds. The Balaban J connectivity index is 1.77. The second-order valence-electron chi connectivity index (χ2n) is 4.17. The molecule has 6 heteroatoms. The van der Waals surface area contributed by atoms with Crippen LogP contribution in [0.1, 0.15) is 5.56 Å². The summed E-state index contributed by atoms with van der Waals surface area (Å²) in [6, 6.07) is 5.58. The normalized spacial score (nSPS) is 10.8. The SMILES string of the molecule is O=C(Cc1cc[nH]c1)Nc1ccc2ncc(Br)n2c1. The van der Waals surface area contributed by atoms with E-state index in [-0.39, 0.29) is 5.91 Å². The van der Waals surface area contributed by atoms with Crippen LogP contribution in [0.3, 0.4) is 0 Å². The number of rotatable bonds is 3. The molecule has 3 aromatic heterocycles. The molecular weight excluding hydrogens is 308 g/mol. The first kappa shape index (κ1) is 12.0. The van der Waals surface area contributed by atoms with Gasteiger partial charge in [0.05, 0.1) is 18.3 Å². The van der Waals surface area contributed by atoms with E-state index in [2.05, 4.69) is 31.2 Å². The Hall–Kier alpha value is -2.08. The number of hydrogen-bond acceptors (Lipinski definition) is 2. The predicted octanol–water partition coefficient (Wildman–Crippen LogP) is 2.61. The van der Waals surface area contributed by atoms with Crippen LogP contribution in [0.25, 0.3) is 5.65 Å². The number of anilines is 1. The lowest BCUT2D eigenvalue weighted by atomic mass is 10.2. The van der Waals surface area contributed by atoms with E-state index >= 15 is 0 Å². The van der Waals surface area contributed by atoms with Crippen molar-refractivity contribution in [3.8, 4) is 0 Å². The van der Waals surface area contributed by atoms with E-state index in [1.165, 1.54) is 0 Å². The minimum Gasteiger partial charge on any atom is -0.367 e. The van der Waals surface area contributed by atoms with E-state index in [4.69, 9.17) is 0 Å². The zero-order chi connectivity index (χ0) is 13.2. The highest BCUT2D eigenvalue weighted by Crippen LogP contribution is 2.16. The van der Waals surface area contributed by atoms with Gasteiger partial charge >= 0.3 is 0 Å². The summed E-state index contributed by atoms with van der Waals surface area (Å²) in [5, 5.41) is 2.87. The van der Waals surface area contributed by atoms with Gasteiger partial charge in [-0.25, -0.2) is 4.98 Å². The molecule has 0 spiro atoms. The number of H-pyrrole nitrogens is 1. The Morgan fingerprint density at radius 3 is 3.11 bits per heavy atom. The largest absolute Gasteiger partial charge is 0.367 e. The number of nitrogens with zero attached hydrogens (tertiary/aromatic N) is 2. The average molecular weight is 319 g/mol. The first-order valence-corrected chi connectivity index (χ1v) is 6.56. The van der Waals surface area contributed by atoms with Crippen LogP contribution in [0.2, 0.25) is 0 Å². The molecule has 0 aliphatic carbocycles. The van der Waals surface area contributed by atoms with Gasteiger partial charge in [-0.3, -0.25) is 9.20 Å². The minimum absolute atomic E-state index is 0.0461. The topological polar surface area (TPSA) is 62.2 Å². The fraction of sp³-hybridized carbons (Fsp3) is 0.0769. The Bertz CT molecular complexity index is 717. The van der Waals surface area contributed by atoms with Crippen molar-refractivity contribution in [1.29, 1.82) is 0 Å². The zero-order valence-corrected chi connectivity index (χ0v) is 11.5. The maximum atomic E-state index is 11.9. The van der Waals surface area contributed by atoms with Crippen LogP contribution in [0.4, 0.5) is 5.69 Å². The first-order valence-electron chi connectivity index (χ1n) is 5.76. The van der Waals surface area contributed by atoms with Crippen molar-refractivity contribution >= 4 is 33.2 Å². The second-order valence-corrected chi connectivity index (χ2v) is 4.98. The number of carbonyl (C=O) groups is 1. The van der Waals surface area contributed by atoms with E-state index in [0.29, 0.717) is 6.42 Å². The zero-order valence-electron chi connectivity index (χ0n) is 9.93. The Kier molecular flexibility index (Phi) is 3.08. The second kappa shape index (κ2) is 4.89. The number of hydrogen-bond donors (Lipinski definition) is 2. The van der Waals surface area contributed by atoms with Gasteiger partial charge in [0.25, 0.3) is 0 Å². The van der Waals surface area contributed by atoms with Gasteiger partial charge in [-0.1, -0.05) is 0 Å². The quantitative estimate of drug-likeness (QED) is 0.779. The van der Waals surface area contributed by atoms with Crippen LogP contribution >= 0.6 is 15.9 Å². The highest BCUT2D eigenvalue weighted by molar-refractivity contribution is 9.10. The lowest BCUT2D eigenvalue weighted by Crippen LogP contribution is -2.14. The van der Waals surface area contributed by atoms with E-state index in [1.807, 2.05) is 35.0 Å². The van der Waals surface area contributed by atoms with Gasteiger partial charge in [-0.15, -0.1) is 0 Å². The lowest BCUT2D eigenvalue weighted by molar-refractivity contribution is -0.115. The van der Waals surface area contributed by atoms with Crippen LogP contribution in [0.15, 0.2) is 47.6 Å². The molecule has 0 unspecified atom stereocenters. The molecule has 0 bridgehead atoms. The standard InChI is InChI=1S/C13H11BrN4O/c14-11-7-16-12-2-1-10(8-18(11)12)17-13(19)5-9-3-4-15-6-9/h1-4,6-8,15H,5H2,(H,17,19). The number of imidazole rings is 1. The van der Waals surface area contributed by atoms with Crippen LogP contribution in [-0.2, 0) is 11.2 Å². The summed E-state index contributed by atoms with van der Waals surface area (Å²) < 4.78 is 2.72. The van der Waals surface area contributed by atoms with Crippen molar-refractivity contribution in [2.75, 3.05) is 5.32 Å². The third-order valence-electron chi connectivity index (χ3n) is 2.77. The van der Waals surface area contributed by atoms with Gasteiger partial charge in [0, 0.05) is 18.6 Å². The molecule has 0 aromatic carbocycles. The molecule has 0 saturated heterocycles. The summed E-state index contributed by atoms with van der Waals surface area (Å²) >= 11 is 3.40. The van der Waals surface area contributed by atoms with Crippen molar-refractivity contribution in [2.24, 2.45) is 0 Å². The fourth-order valence-electron chi connectivity index (χ4n) is 1.88. The summed E-state index contributed by atoms with van der Waals surface area (Å²) in [5.41, 5.74) is 2.53. The Morgan fingerprint density at radius 2 is 2.32 bits per heavy atom. The van der Waals surface area contributed by atoms with Gasteiger partial charge in [0.15, 0.2) is 0 Å². The molecule has 19 heavy (non-hydrogen) atoms. The highest BCUT2D eigenvalue weighted by Gasteiger charge is 2.06. The van der Waals surface area contributed by atoms with Crippen molar-refractivity contribution in [3.05, 3.63) is 53.2 Å². The van der Waals surface area contributed by atoms with E-state index in [0.717, 1.165) is 21.5 Å². The molecule has 0 radical (unpaired) electrons. The number of pyridine rings is 1. The molecular formula is C13H11BrN4O. The number of carbonyl (C=O) groups excluding carboxylic acids is 1. The van der Waals surface area contributed by atoms with Crippen LogP contribution in [-0.4, -0.2) is 20.3 Å². The highest BCUT2D eigenvalue weighted by atomic mass is 79.9. The molecule has 0 aliphatic heterocycles. The number of halogens is 1. The maximum absolute atomic E-state index is 11.9. The molecule has 0 aliphatic rings. The van der Waals surface area contributed by atoms with Gasteiger partial charge in [0.1, 0.15) is 10.3 Å². The lowest BCUT2D eigenvalue weighted by Gasteiger charge is -2.05. The van der Waals surface area contributed by atoms with E-state index < -0.39 is 0 Å². The van der Waals surface area contributed by atoms with Crippen molar-refractivity contribution in [1.82, 2.24) is 14.4 Å². The molecule has 2 N–H and O–H groups in total. The maximum Gasteiger partial charge on any atom is 0.228 e. The first-order chi connectivity index (χ1) is 9.22. The summed E-state index contributed by atoms with van der Waals surface area (Å²) in [6.45, 7) is 0. The number of fused-ring (bicyclic) bond motifs is 1. The van der Waals surface area contributed by atoms with E-state index in [1.54, 1.807) is 12.4 Å². The predicted molar refractivity (Wildman–Crippen MR) is 76.0 cm³/mol. The third-order valence-corrected chi connectivity index (χ3v) is 3.36. The molecule has 96 valence electrons. The van der Waals surface area contributed by atoms with Gasteiger partial charge in [-0.2, -0.15) is 0 Å². The van der Waals surface area contributed by atoms with Gasteiger partial charge < -0.3 is 10.3 Å². The number of aromatic nitrogens is 3. The van der Waals surface area contributed by atoms with Gasteiger partial charge in [-0.05, 0) is 39.7 Å². The average Bonchev–Trinajstić information content (AvgIpc) is 3.00.